The zero-order valence-corrected chi connectivity index (χ0v) is 9.28. The van der Waals surface area contributed by atoms with Gasteiger partial charge in [0.05, 0.1) is 6.10 Å². The maximum absolute atomic E-state index is 9.55. The Morgan fingerprint density at radius 3 is 2.64 bits per heavy atom. The summed E-state index contributed by atoms with van der Waals surface area (Å²) < 4.78 is 5.17. The van der Waals surface area contributed by atoms with E-state index in [2.05, 4.69) is 13.0 Å². The summed E-state index contributed by atoms with van der Waals surface area (Å²) in [6.07, 6.45) is 10.1. The summed E-state index contributed by atoms with van der Waals surface area (Å²) in [5, 5.41) is 9.55. The average Bonchev–Trinajstić information content (AvgIpc) is 2.88. The van der Waals surface area contributed by atoms with Gasteiger partial charge in [0, 0.05) is 0 Å². The highest BCUT2D eigenvalue weighted by Gasteiger charge is 2.39. The van der Waals surface area contributed by atoms with E-state index >= 15 is 0 Å². The van der Waals surface area contributed by atoms with Crippen LogP contribution in [0.15, 0.2) is 12.2 Å². The number of aliphatic hydroxyl groups is 1. The first kappa shape index (κ1) is 11.7. The standard InChI is InChI=1S/C12H22O2/c1-3-4-5-6-7-8-9-11(13)12-10(2)14-12/h8-13H,3-7H2,1-2H3/b9-8-/t10-,11-,12+/m1/s1. The summed E-state index contributed by atoms with van der Waals surface area (Å²) in [6, 6.07) is 0. The van der Waals surface area contributed by atoms with E-state index in [0.29, 0.717) is 0 Å². The van der Waals surface area contributed by atoms with Gasteiger partial charge in [-0.2, -0.15) is 0 Å². The molecule has 2 heteroatoms. The van der Waals surface area contributed by atoms with Gasteiger partial charge >= 0.3 is 0 Å². The van der Waals surface area contributed by atoms with E-state index in [4.69, 9.17) is 4.74 Å². The highest BCUT2D eigenvalue weighted by Crippen LogP contribution is 2.25. The van der Waals surface area contributed by atoms with Gasteiger partial charge in [-0.1, -0.05) is 38.3 Å². The summed E-state index contributed by atoms with van der Waals surface area (Å²) in [7, 11) is 0. The van der Waals surface area contributed by atoms with Crippen LogP contribution in [0.25, 0.3) is 0 Å². The fraction of sp³-hybridized carbons (Fsp3) is 0.833. The van der Waals surface area contributed by atoms with Gasteiger partial charge in [0.15, 0.2) is 0 Å². The monoisotopic (exact) mass is 198 g/mol. The van der Waals surface area contributed by atoms with Gasteiger partial charge in [-0.25, -0.2) is 0 Å². The summed E-state index contributed by atoms with van der Waals surface area (Å²) in [4.78, 5) is 0. The second-order valence-electron chi connectivity index (χ2n) is 4.07. The van der Waals surface area contributed by atoms with Crippen LogP contribution in [0.5, 0.6) is 0 Å². The Kier molecular flexibility index (Phi) is 5.20. The van der Waals surface area contributed by atoms with Crippen molar-refractivity contribution in [3.05, 3.63) is 12.2 Å². The van der Waals surface area contributed by atoms with Crippen LogP contribution in [0.3, 0.4) is 0 Å². The Hall–Kier alpha value is -0.340. The molecule has 1 heterocycles. The number of rotatable bonds is 7. The van der Waals surface area contributed by atoms with E-state index in [1.807, 2.05) is 13.0 Å². The van der Waals surface area contributed by atoms with Crippen molar-refractivity contribution < 1.29 is 9.84 Å². The fourth-order valence-electron chi connectivity index (χ4n) is 1.59. The highest BCUT2D eigenvalue weighted by molar-refractivity contribution is 5.00. The minimum atomic E-state index is -0.392. The highest BCUT2D eigenvalue weighted by atomic mass is 16.6. The Labute approximate surface area is 87.0 Å². The van der Waals surface area contributed by atoms with Gasteiger partial charge in [-0.15, -0.1) is 0 Å². The molecule has 1 N–H and O–H groups in total. The molecule has 82 valence electrons. The van der Waals surface area contributed by atoms with Crippen molar-refractivity contribution in [2.45, 2.75) is 64.3 Å². The van der Waals surface area contributed by atoms with Gasteiger partial charge in [0.25, 0.3) is 0 Å². The molecule has 0 aromatic heterocycles. The Morgan fingerprint density at radius 1 is 1.36 bits per heavy atom. The molecule has 0 amide bonds. The van der Waals surface area contributed by atoms with Crippen LogP contribution in [0.4, 0.5) is 0 Å². The van der Waals surface area contributed by atoms with E-state index in [1.165, 1.54) is 25.7 Å². The molecule has 14 heavy (non-hydrogen) atoms. The third kappa shape index (κ3) is 4.25. The second-order valence-corrected chi connectivity index (χ2v) is 4.07. The molecule has 0 saturated carbocycles. The second kappa shape index (κ2) is 6.20. The van der Waals surface area contributed by atoms with Crippen LogP contribution in [-0.4, -0.2) is 23.4 Å². The zero-order chi connectivity index (χ0) is 10.4. The minimum absolute atomic E-state index is 0.0573. The molecule has 1 aliphatic heterocycles. The molecular weight excluding hydrogens is 176 g/mol. The van der Waals surface area contributed by atoms with Crippen LogP contribution in [0.1, 0.15) is 46.0 Å². The predicted octanol–water partition coefficient (Wildman–Crippen LogP) is 2.66. The lowest BCUT2D eigenvalue weighted by Crippen LogP contribution is -2.12. The first-order valence-electron chi connectivity index (χ1n) is 5.76. The summed E-state index contributed by atoms with van der Waals surface area (Å²) >= 11 is 0. The van der Waals surface area contributed by atoms with Gasteiger partial charge in [0.1, 0.15) is 12.2 Å². The molecule has 1 aliphatic rings. The third-order valence-corrected chi connectivity index (χ3v) is 2.65. The van der Waals surface area contributed by atoms with Gasteiger partial charge in [-0.3, -0.25) is 0 Å². The predicted molar refractivity (Wildman–Crippen MR) is 58.2 cm³/mol. The van der Waals surface area contributed by atoms with Crippen molar-refractivity contribution in [3.8, 4) is 0 Å². The van der Waals surface area contributed by atoms with Crippen LogP contribution >= 0.6 is 0 Å². The Morgan fingerprint density at radius 2 is 2.07 bits per heavy atom. The molecule has 0 spiro atoms. The number of epoxide rings is 1. The number of unbranched alkanes of at least 4 members (excludes halogenated alkanes) is 4. The summed E-state index contributed by atoms with van der Waals surface area (Å²) in [5.74, 6) is 0. The van der Waals surface area contributed by atoms with Crippen molar-refractivity contribution in [3.63, 3.8) is 0 Å². The summed E-state index contributed by atoms with van der Waals surface area (Å²) in [6.45, 7) is 4.20. The molecule has 3 atom stereocenters. The molecule has 0 aromatic rings. The van der Waals surface area contributed by atoms with E-state index < -0.39 is 6.10 Å². The van der Waals surface area contributed by atoms with Gasteiger partial charge in [0.2, 0.25) is 0 Å². The molecule has 0 radical (unpaired) electrons. The maximum atomic E-state index is 9.55. The SMILES string of the molecule is CCCCCC/C=C\[C@@H](O)[C@H]1O[C@@H]1C. The van der Waals surface area contributed by atoms with Crippen LogP contribution in [-0.2, 0) is 4.74 Å². The van der Waals surface area contributed by atoms with E-state index in [9.17, 15) is 5.11 Å². The quantitative estimate of drug-likeness (QED) is 0.387. The zero-order valence-electron chi connectivity index (χ0n) is 9.28. The number of ether oxygens (including phenoxy) is 1. The minimum Gasteiger partial charge on any atom is -0.386 e. The van der Waals surface area contributed by atoms with E-state index in [0.717, 1.165) is 6.42 Å². The molecule has 0 bridgehead atoms. The maximum Gasteiger partial charge on any atom is 0.113 e. The normalized spacial score (nSPS) is 28.2. The number of aliphatic hydroxyl groups excluding tert-OH is 1. The molecule has 1 rings (SSSR count). The van der Waals surface area contributed by atoms with Crippen LogP contribution in [0, 0.1) is 0 Å². The molecule has 0 aromatic carbocycles. The molecule has 1 saturated heterocycles. The Balaban J connectivity index is 1.97. The average molecular weight is 198 g/mol. The molecule has 0 unspecified atom stereocenters. The van der Waals surface area contributed by atoms with Crippen LogP contribution < -0.4 is 0 Å². The van der Waals surface area contributed by atoms with Crippen molar-refractivity contribution in [2.75, 3.05) is 0 Å². The van der Waals surface area contributed by atoms with Crippen molar-refractivity contribution in [1.82, 2.24) is 0 Å². The lowest BCUT2D eigenvalue weighted by Gasteiger charge is -1.99. The van der Waals surface area contributed by atoms with E-state index in [-0.39, 0.29) is 12.2 Å². The number of hydrogen-bond acceptors (Lipinski definition) is 2. The smallest absolute Gasteiger partial charge is 0.113 e. The van der Waals surface area contributed by atoms with Crippen molar-refractivity contribution in [2.24, 2.45) is 0 Å². The van der Waals surface area contributed by atoms with Gasteiger partial charge in [-0.05, 0) is 19.8 Å². The van der Waals surface area contributed by atoms with Crippen molar-refractivity contribution >= 4 is 0 Å². The number of hydrogen-bond donors (Lipinski definition) is 1. The summed E-state index contributed by atoms with van der Waals surface area (Å²) in [5.41, 5.74) is 0. The molecule has 1 fully saturated rings. The first-order chi connectivity index (χ1) is 6.75. The Bertz CT molecular complexity index is 177. The van der Waals surface area contributed by atoms with Crippen LogP contribution in [0.2, 0.25) is 0 Å². The lowest BCUT2D eigenvalue weighted by molar-refractivity contribution is 0.177. The van der Waals surface area contributed by atoms with Crippen molar-refractivity contribution in [1.29, 1.82) is 0 Å². The third-order valence-electron chi connectivity index (χ3n) is 2.65. The first-order valence-corrected chi connectivity index (χ1v) is 5.76. The fourth-order valence-corrected chi connectivity index (χ4v) is 1.59. The van der Waals surface area contributed by atoms with E-state index in [1.54, 1.807) is 0 Å². The number of allylic oxidation sites excluding steroid dienone is 1. The molecule has 2 nitrogen and oxygen atoms in total. The largest absolute Gasteiger partial charge is 0.386 e. The molecular formula is C12H22O2. The van der Waals surface area contributed by atoms with Gasteiger partial charge < -0.3 is 9.84 Å². The lowest BCUT2D eigenvalue weighted by atomic mass is 10.1. The topological polar surface area (TPSA) is 32.8 Å². The molecule has 0 aliphatic carbocycles.